The molecule has 0 bridgehead atoms. The van der Waals surface area contributed by atoms with Gasteiger partial charge in [-0.1, -0.05) is 6.07 Å². The summed E-state index contributed by atoms with van der Waals surface area (Å²) in [5, 5.41) is 0. The third kappa shape index (κ3) is 1.99. The van der Waals surface area contributed by atoms with E-state index in [9.17, 15) is 4.79 Å². The van der Waals surface area contributed by atoms with Crippen molar-refractivity contribution in [3.05, 3.63) is 34.3 Å². The van der Waals surface area contributed by atoms with Crippen LogP contribution in [-0.4, -0.2) is 30.5 Å². The van der Waals surface area contributed by atoms with Crippen molar-refractivity contribution in [3.63, 3.8) is 0 Å². The van der Waals surface area contributed by atoms with E-state index in [4.69, 9.17) is 10.2 Å². The second-order valence-corrected chi connectivity index (χ2v) is 5.70. The van der Waals surface area contributed by atoms with Gasteiger partial charge in [0.05, 0.1) is 5.52 Å². The van der Waals surface area contributed by atoms with Crippen LogP contribution < -0.4 is 11.5 Å². The van der Waals surface area contributed by atoms with Crippen molar-refractivity contribution in [2.75, 3.05) is 20.6 Å². The maximum atomic E-state index is 11.2. The minimum absolute atomic E-state index is 0.174. The Morgan fingerprint density at radius 3 is 2.79 bits per heavy atom. The van der Waals surface area contributed by atoms with Crippen LogP contribution in [0.5, 0.6) is 0 Å². The van der Waals surface area contributed by atoms with Gasteiger partial charge in [0.25, 0.3) is 0 Å². The highest BCUT2D eigenvalue weighted by atomic mass is 16.4. The largest absolute Gasteiger partial charge is 0.417 e. The summed E-state index contributed by atoms with van der Waals surface area (Å²) in [5.41, 5.74) is 8.64. The smallest absolute Gasteiger partial charge is 0.408 e. The van der Waals surface area contributed by atoms with E-state index in [2.05, 4.69) is 24.0 Å². The summed E-state index contributed by atoms with van der Waals surface area (Å²) >= 11 is 0. The maximum Gasteiger partial charge on any atom is 0.417 e. The third-order valence-electron chi connectivity index (χ3n) is 4.16. The summed E-state index contributed by atoms with van der Waals surface area (Å²) < 4.78 is 5.14. The summed E-state index contributed by atoms with van der Waals surface area (Å²) in [6.45, 7) is 0.685. The van der Waals surface area contributed by atoms with Crippen LogP contribution in [-0.2, 0) is 0 Å². The minimum atomic E-state index is -0.409. The molecule has 0 radical (unpaired) electrons. The number of nitrogens with one attached hydrogen (secondary N) is 1. The monoisotopic (exact) mass is 261 g/mol. The highest BCUT2D eigenvalue weighted by Crippen LogP contribution is 2.56. The summed E-state index contributed by atoms with van der Waals surface area (Å²) in [4.78, 5) is 16.1. The fourth-order valence-electron chi connectivity index (χ4n) is 3.08. The van der Waals surface area contributed by atoms with Crippen LogP contribution in [0.25, 0.3) is 11.1 Å². The molecule has 5 nitrogen and oxygen atoms in total. The fraction of sp³-hybridized carbons (Fsp3) is 0.500. The van der Waals surface area contributed by atoms with Crippen molar-refractivity contribution in [2.24, 2.45) is 11.1 Å². The standard InChI is InChI=1S/C14H19N3O2/c1-17(2)12(14(8-15)5-6-14)9-3-4-10-11(7-9)19-13(18)16-10/h3-4,7,12H,5-6,8,15H2,1-2H3,(H,16,18). The Kier molecular flexibility index (Phi) is 2.76. The Balaban J connectivity index is 2.07. The highest BCUT2D eigenvalue weighted by molar-refractivity contribution is 5.73. The summed E-state index contributed by atoms with van der Waals surface area (Å²) in [6.07, 6.45) is 2.31. The Morgan fingerprint density at radius 1 is 1.47 bits per heavy atom. The molecule has 0 aliphatic heterocycles. The molecular weight excluding hydrogens is 242 g/mol. The quantitative estimate of drug-likeness (QED) is 0.873. The van der Waals surface area contributed by atoms with Crippen LogP contribution in [0.2, 0.25) is 0 Å². The van der Waals surface area contributed by atoms with Gasteiger partial charge in [-0.2, -0.15) is 0 Å². The number of hydrogen-bond donors (Lipinski definition) is 2. The average molecular weight is 261 g/mol. The first-order valence-electron chi connectivity index (χ1n) is 6.55. The number of aromatic nitrogens is 1. The maximum absolute atomic E-state index is 11.2. The molecule has 1 aromatic heterocycles. The van der Waals surface area contributed by atoms with Crippen LogP contribution in [0, 0.1) is 5.41 Å². The van der Waals surface area contributed by atoms with Gasteiger partial charge in [0.1, 0.15) is 0 Å². The van der Waals surface area contributed by atoms with E-state index in [1.165, 1.54) is 0 Å². The normalized spacial score (nSPS) is 18.9. The lowest BCUT2D eigenvalue weighted by molar-refractivity contribution is 0.198. The van der Waals surface area contributed by atoms with Gasteiger partial charge in [0, 0.05) is 11.5 Å². The molecule has 1 aliphatic rings. The van der Waals surface area contributed by atoms with E-state index in [-0.39, 0.29) is 11.5 Å². The molecule has 102 valence electrons. The highest BCUT2D eigenvalue weighted by Gasteiger charge is 2.49. The molecule has 1 heterocycles. The lowest BCUT2D eigenvalue weighted by atomic mass is 9.89. The fourth-order valence-corrected chi connectivity index (χ4v) is 3.08. The zero-order valence-electron chi connectivity index (χ0n) is 11.3. The molecule has 3 rings (SSSR count). The number of oxazole rings is 1. The summed E-state index contributed by atoms with van der Waals surface area (Å²) in [6, 6.07) is 6.17. The van der Waals surface area contributed by atoms with Gasteiger partial charge in [-0.25, -0.2) is 4.79 Å². The lowest BCUT2D eigenvalue weighted by Gasteiger charge is -2.32. The van der Waals surface area contributed by atoms with Crippen molar-refractivity contribution >= 4 is 11.1 Å². The average Bonchev–Trinajstić information content (AvgIpc) is 3.04. The van der Waals surface area contributed by atoms with Crippen LogP contribution in [0.1, 0.15) is 24.4 Å². The zero-order chi connectivity index (χ0) is 13.6. The summed E-state index contributed by atoms with van der Waals surface area (Å²) in [7, 11) is 4.13. The van der Waals surface area contributed by atoms with E-state index < -0.39 is 5.76 Å². The molecule has 19 heavy (non-hydrogen) atoms. The Hall–Kier alpha value is -1.59. The molecule has 1 saturated carbocycles. The van der Waals surface area contributed by atoms with Crippen molar-refractivity contribution in [3.8, 4) is 0 Å². The first-order valence-corrected chi connectivity index (χ1v) is 6.55. The van der Waals surface area contributed by atoms with Crippen LogP contribution in [0.15, 0.2) is 27.4 Å². The van der Waals surface area contributed by atoms with E-state index in [1.54, 1.807) is 0 Å². The molecule has 1 aromatic carbocycles. The Labute approximate surface area is 111 Å². The molecule has 0 amide bonds. The molecule has 1 aliphatic carbocycles. The van der Waals surface area contributed by atoms with Crippen LogP contribution >= 0.6 is 0 Å². The predicted octanol–water partition coefficient (Wildman–Crippen LogP) is 1.46. The zero-order valence-corrected chi connectivity index (χ0v) is 11.3. The van der Waals surface area contributed by atoms with Crippen molar-refractivity contribution in [1.29, 1.82) is 0 Å². The van der Waals surface area contributed by atoms with Crippen LogP contribution in [0.3, 0.4) is 0 Å². The molecule has 0 saturated heterocycles. The second-order valence-electron chi connectivity index (χ2n) is 5.70. The third-order valence-corrected chi connectivity index (χ3v) is 4.16. The molecule has 1 fully saturated rings. The van der Waals surface area contributed by atoms with E-state index in [0.29, 0.717) is 12.1 Å². The number of aromatic amines is 1. The van der Waals surface area contributed by atoms with Gasteiger partial charge >= 0.3 is 5.76 Å². The van der Waals surface area contributed by atoms with Crippen molar-refractivity contribution < 1.29 is 4.42 Å². The van der Waals surface area contributed by atoms with Gasteiger partial charge in [0.2, 0.25) is 0 Å². The molecular formula is C14H19N3O2. The Morgan fingerprint density at radius 2 is 2.21 bits per heavy atom. The molecule has 1 atom stereocenters. The number of benzene rings is 1. The minimum Gasteiger partial charge on any atom is -0.408 e. The number of rotatable bonds is 4. The topological polar surface area (TPSA) is 75.3 Å². The first-order chi connectivity index (χ1) is 9.05. The molecule has 1 unspecified atom stereocenters. The number of nitrogens with two attached hydrogens (primary N) is 1. The predicted molar refractivity (Wildman–Crippen MR) is 74.0 cm³/mol. The first kappa shape index (κ1) is 12.4. The van der Waals surface area contributed by atoms with Gasteiger partial charge in [-0.15, -0.1) is 0 Å². The summed E-state index contributed by atoms with van der Waals surface area (Å²) in [5.74, 6) is -0.409. The molecule has 5 heteroatoms. The van der Waals surface area contributed by atoms with Gasteiger partial charge in [-0.05, 0) is 51.2 Å². The van der Waals surface area contributed by atoms with E-state index in [0.717, 1.165) is 23.9 Å². The lowest BCUT2D eigenvalue weighted by Crippen LogP contribution is -2.33. The SMILES string of the molecule is CN(C)C(c1ccc2[nH]c(=O)oc2c1)C1(CN)CC1. The second kappa shape index (κ2) is 4.21. The Bertz CT molecular complexity index is 652. The van der Waals surface area contributed by atoms with E-state index in [1.807, 2.05) is 18.2 Å². The molecule has 3 N–H and O–H groups in total. The van der Waals surface area contributed by atoms with E-state index >= 15 is 0 Å². The van der Waals surface area contributed by atoms with Gasteiger partial charge in [-0.3, -0.25) is 4.98 Å². The van der Waals surface area contributed by atoms with Crippen LogP contribution in [0.4, 0.5) is 0 Å². The molecule has 0 spiro atoms. The number of fused-ring (bicyclic) bond motifs is 1. The van der Waals surface area contributed by atoms with Gasteiger partial charge in [0.15, 0.2) is 5.58 Å². The van der Waals surface area contributed by atoms with Crippen molar-refractivity contribution in [2.45, 2.75) is 18.9 Å². The number of nitrogens with zero attached hydrogens (tertiary/aromatic N) is 1. The number of hydrogen-bond acceptors (Lipinski definition) is 4. The molecule has 2 aromatic rings. The van der Waals surface area contributed by atoms with Crippen molar-refractivity contribution in [1.82, 2.24) is 9.88 Å². The van der Waals surface area contributed by atoms with Gasteiger partial charge < -0.3 is 15.1 Å². The number of H-pyrrole nitrogens is 1.